The number of aliphatic hydroxyl groups excluding tert-OH is 2. The van der Waals surface area contributed by atoms with Gasteiger partial charge in [0, 0.05) is 4.47 Å². The molecular weight excluding hydrogens is 255 g/mol. The second-order valence-electron chi connectivity index (χ2n) is 2.69. The number of rotatable bonds is 3. The van der Waals surface area contributed by atoms with Gasteiger partial charge < -0.3 is 10.2 Å². The molecule has 0 saturated carbocycles. The lowest BCUT2D eigenvalue weighted by atomic mass is 10.1. The number of hydrogen-bond acceptors (Lipinski definition) is 2. The summed E-state index contributed by atoms with van der Waals surface area (Å²) in [6.45, 7) is 0. The monoisotopic (exact) mass is 264 g/mol. The number of benzene rings is 1. The third kappa shape index (κ3) is 2.68. The normalized spacial score (nSPS) is 15.4. The van der Waals surface area contributed by atoms with Crippen molar-refractivity contribution in [2.75, 3.05) is 5.88 Å². The maximum Gasteiger partial charge on any atom is 0.107 e. The Morgan fingerprint density at radius 3 is 2.46 bits per heavy atom. The number of halogens is 2. The molecule has 13 heavy (non-hydrogen) atoms. The molecule has 2 N–H and O–H groups in total. The van der Waals surface area contributed by atoms with Crippen molar-refractivity contribution in [1.29, 1.82) is 0 Å². The highest BCUT2D eigenvalue weighted by molar-refractivity contribution is 9.10. The van der Waals surface area contributed by atoms with Gasteiger partial charge in [0.15, 0.2) is 0 Å². The highest BCUT2D eigenvalue weighted by Crippen LogP contribution is 2.25. The lowest BCUT2D eigenvalue weighted by Gasteiger charge is -2.16. The maximum atomic E-state index is 9.61. The fourth-order valence-corrected chi connectivity index (χ4v) is 1.69. The van der Waals surface area contributed by atoms with Crippen LogP contribution in [-0.2, 0) is 0 Å². The van der Waals surface area contributed by atoms with Crippen molar-refractivity contribution in [2.45, 2.75) is 12.2 Å². The molecule has 0 heterocycles. The molecule has 1 aromatic carbocycles. The molecule has 0 aliphatic heterocycles. The Kier molecular flexibility index (Phi) is 4.19. The summed E-state index contributed by atoms with van der Waals surface area (Å²) in [5.74, 6) is 0.0164. The Labute approximate surface area is 90.3 Å². The Hall–Kier alpha value is -0.0900. The summed E-state index contributed by atoms with van der Waals surface area (Å²) in [6.07, 6.45) is -1.87. The molecule has 2 nitrogen and oxygen atoms in total. The van der Waals surface area contributed by atoms with Gasteiger partial charge in [-0.2, -0.15) is 0 Å². The first-order valence-corrected chi connectivity index (χ1v) is 5.16. The molecule has 0 bridgehead atoms. The van der Waals surface area contributed by atoms with Crippen LogP contribution in [0.4, 0.5) is 0 Å². The largest absolute Gasteiger partial charge is 0.389 e. The van der Waals surface area contributed by atoms with Gasteiger partial charge in [-0.1, -0.05) is 34.1 Å². The van der Waals surface area contributed by atoms with Crippen LogP contribution in [-0.4, -0.2) is 22.2 Å². The molecule has 72 valence electrons. The maximum absolute atomic E-state index is 9.61. The summed E-state index contributed by atoms with van der Waals surface area (Å²) in [4.78, 5) is 0. The van der Waals surface area contributed by atoms with Gasteiger partial charge in [0.05, 0.1) is 12.0 Å². The summed E-state index contributed by atoms with van der Waals surface area (Å²) in [5.41, 5.74) is 0.649. The van der Waals surface area contributed by atoms with Crippen LogP contribution in [0, 0.1) is 0 Å². The van der Waals surface area contributed by atoms with Crippen LogP contribution >= 0.6 is 27.5 Å². The summed E-state index contributed by atoms with van der Waals surface area (Å²) in [6, 6.07) is 7.18. The highest BCUT2D eigenvalue weighted by Gasteiger charge is 2.18. The second-order valence-corrected chi connectivity index (χ2v) is 3.85. The zero-order chi connectivity index (χ0) is 9.84. The fourth-order valence-electron chi connectivity index (χ4n) is 1.01. The summed E-state index contributed by atoms with van der Waals surface area (Å²) >= 11 is 8.70. The van der Waals surface area contributed by atoms with Gasteiger partial charge in [-0.25, -0.2) is 0 Å². The van der Waals surface area contributed by atoms with Gasteiger partial charge in [0.25, 0.3) is 0 Å². The van der Waals surface area contributed by atoms with Crippen LogP contribution in [0.1, 0.15) is 11.7 Å². The van der Waals surface area contributed by atoms with E-state index in [2.05, 4.69) is 15.9 Å². The zero-order valence-corrected chi connectivity index (χ0v) is 9.16. The van der Waals surface area contributed by atoms with Crippen molar-refractivity contribution in [3.05, 3.63) is 34.3 Å². The van der Waals surface area contributed by atoms with Gasteiger partial charge in [0.1, 0.15) is 6.10 Å². The lowest BCUT2D eigenvalue weighted by molar-refractivity contribution is 0.0323. The third-order valence-corrected chi connectivity index (χ3v) is 2.78. The van der Waals surface area contributed by atoms with Crippen molar-refractivity contribution < 1.29 is 10.2 Å². The summed E-state index contributed by atoms with van der Waals surface area (Å²) in [7, 11) is 0. The van der Waals surface area contributed by atoms with Crippen molar-refractivity contribution in [3.8, 4) is 0 Å². The Morgan fingerprint density at radius 2 is 1.92 bits per heavy atom. The molecule has 2 unspecified atom stereocenters. The molecule has 2 atom stereocenters. The average Bonchev–Trinajstić information content (AvgIpc) is 2.16. The predicted molar refractivity (Wildman–Crippen MR) is 55.8 cm³/mol. The van der Waals surface area contributed by atoms with E-state index in [1.807, 2.05) is 6.07 Å². The molecule has 0 amide bonds. The van der Waals surface area contributed by atoms with Crippen LogP contribution in [0.5, 0.6) is 0 Å². The molecule has 0 aliphatic carbocycles. The van der Waals surface area contributed by atoms with Gasteiger partial charge in [-0.05, 0) is 11.6 Å². The zero-order valence-electron chi connectivity index (χ0n) is 6.82. The topological polar surface area (TPSA) is 40.5 Å². The van der Waals surface area contributed by atoms with Crippen LogP contribution in [0.25, 0.3) is 0 Å². The van der Waals surface area contributed by atoms with Crippen LogP contribution in [0.3, 0.4) is 0 Å². The lowest BCUT2D eigenvalue weighted by Crippen LogP contribution is -2.19. The van der Waals surface area contributed by atoms with Gasteiger partial charge in [-0.15, -0.1) is 11.6 Å². The molecule has 0 aromatic heterocycles. The van der Waals surface area contributed by atoms with E-state index in [1.54, 1.807) is 18.2 Å². The number of aliphatic hydroxyl groups is 2. The molecule has 4 heteroatoms. The van der Waals surface area contributed by atoms with Crippen molar-refractivity contribution in [2.24, 2.45) is 0 Å². The summed E-state index contributed by atoms with van der Waals surface area (Å²) in [5, 5.41) is 18.9. The average molecular weight is 266 g/mol. The predicted octanol–water partition coefficient (Wildman–Crippen LogP) is 2.08. The molecular formula is C9H10BrClO2. The quantitative estimate of drug-likeness (QED) is 0.822. The Balaban J connectivity index is 2.88. The Bertz CT molecular complexity index is 280. The summed E-state index contributed by atoms with van der Waals surface area (Å²) < 4.78 is 0.770. The van der Waals surface area contributed by atoms with Gasteiger partial charge in [0.2, 0.25) is 0 Å². The van der Waals surface area contributed by atoms with Gasteiger partial charge in [-0.3, -0.25) is 0 Å². The fraction of sp³-hybridized carbons (Fsp3) is 0.333. The molecule has 1 aromatic rings. The third-order valence-electron chi connectivity index (χ3n) is 1.75. The van der Waals surface area contributed by atoms with Crippen molar-refractivity contribution >= 4 is 27.5 Å². The minimum Gasteiger partial charge on any atom is -0.389 e. The molecule has 0 aliphatic rings. The molecule has 1 rings (SSSR count). The molecule has 0 radical (unpaired) electrons. The van der Waals surface area contributed by atoms with E-state index in [0.717, 1.165) is 4.47 Å². The molecule has 0 fully saturated rings. The minimum atomic E-state index is -0.937. The number of hydrogen-bond donors (Lipinski definition) is 2. The van der Waals surface area contributed by atoms with Crippen LogP contribution < -0.4 is 0 Å². The van der Waals surface area contributed by atoms with Crippen LogP contribution in [0.2, 0.25) is 0 Å². The minimum absolute atomic E-state index is 0.0164. The van der Waals surface area contributed by atoms with E-state index in [1.165, 1.54) is 0 Å². The van der Waals surface area contributed by atoms with E-state index in [0.29, 0.717) is 5.56 Å². The first kappa shape index (κ1) is 11.0. The first-order valence-electron chi connectivity index (χ1n) is 3.83. The first-order chi connectivity index (χ1) is 6.16. The van der Waals surface area contributed by atoms with E-state index in [-0.39, 0.29) is 5.88 Å². The number of alkyl halides is 1. The smallest absolute Gasteiger partial charge is 0.107 e. The van der Waals surface area contributed by atoms with Crippen molar-refractivity contribution in [1.82, 2.24) is 0 Å². The molecule has 0 spiro atoms. The standard InChI is InChI=1S/C9H10BrClO2/c10-7-4-2-1-3-6(7)9(13)8(12)5-11/h1-4,8-9,12-13H,5H2. The SMILES string of the molecule is OC(CCl)C(O)c1ccccc1Br. The van der Waals surface area contributed by atoms with Gasteiger partial charge >= 0.3 is 0 Å². The molecule has 0 saturated heterocycles. The van der Waals surface area contributed by atoms with E-state index in [9.17, 15) is 10.2 Å². The van der Waals surface area contributed by atoms with Crippen LogP contribution in [0.15, 0.2) is 28.7 Å². The second kappa shape index (κ2) is 4.96. The van der Waals surface area contributed by atoms with E-state index >= 15 is 0 Å². The van der Waals surface area contributed by atoms with Crippen molar-refractivity contribution in [3.63, 3.8) is 0 Å². The van der Waals surface area contributed by atoms with E-state index in [4.69, 9.17) is 11.6 Å². The Morgan fingerprint density at radius 1 is 1.31 bits per heavy atom. The highest BCUT2D eigenvalue weighted by atomic mass is 79.9. The van der Waals surface area contributed by atoms with E-state index < -0.39 is 12.2 Å².